The number of furan rings is 1. The fourth-order valence-electron chi connectivity index (χ4n) is 6.05. The van der Waals surface area contributed by atoms with Crippen molar-refractivity contribution in [2.45, 2.75) is 0 Å². The lowest BCUT2D eigenvalue weighted by Crippen LogP contribution is -2.06. The number of para-hydroxylation sites is 3. The van der Waals surface area contributed by atoms with Crippen molar-refractivity contribution >= 4 is 75.3 Å². The maximum Gasteiger partial charge on any atom is 0.238 e. The van der Waals surface area contributed by atoms with Crippen molar-refractivity contribution in [3.63, 3.8) is 0 Å². The summed E-state index contributed by atoms with van der Waals surface area (Å²) >= 11 is 0.943. The third-order valence-corrected chi connectivity index (χ3v) is 9.00. The minimum Gasteiger partial charge on any atom is -0.455 e. The fourth-order valence-corrected chi connectivity index (χ4v) is 7.02. The first-order chi connectivity index (χ1) is 26.5. The molecule has 6 aromatic carbocycles. The number of hydrogen-bond acceptors (Lipinski definition) is 5. The van der Waals surface area contributed by atoms with Crippen molar-refractivity contribution in [3.8, 4) is 28.7 Å². The second kappa shape index (κ2) is 9.32. The van der Waals surface area contributed by atoms with Gasteiger partial charge in [-0.15, -0.1) is 11.3 Å². The SMILES string of the molecule is [2H]c1c([2H])c([2H])c2c(sc3c([2H])c([2H])c4c(c5c([2H])c([2H])c([2H])c([2H])c5n4-c4nc(-c5ccccc5)nc(-c5cccc6c5oc5ccccc56)n4)c32)c1[2H]. The Hall–Kier alpha value is -5.85. The summed E-state index contributed by atoms with van der Waals surface area (Å²) in [6, 6.07) is 18.1. The molecule has 0 saturated carbocycles. The lowest BCUT2D eigenvalue weighted by atomic mass is 10.1. The molecule has 210 valence electrons. The summed E-state index contributed by atoms with van der Waals surface area (Å²) in [6.07, 6.45) is 0. The molecule has 0 fully saturated rings. The number of aromatic nitrogens is 4. The second-order valence-corrected chi connectivity index (χ2v) is 11.5. The minimum atomic E-state index is -0.544. The molecule has 45 heavy (non-hydrogen) atoms. The molecular formula is C39H22N4OS. The van der Waals surface area contributed by atoms with E-state index in [9.17, 15) is 5.48 Å². The predicted molar refractivity (Wildman–Crippen MR) is 185 cm³/mol. The van der Waals surface area contributed by atoms with Crippen LogP contribution < -0.4 is 0 Å². The predicted octanol–water partition coefficient (Wildman–Crippen LogP) is 10.6. The monoisotopic (exact) mass is 604 g/mol. The van der Waals surface area contributed by atoms with Crippen LogP contribution in [0.3, 0.4) is 0 Å². The van der Waals surface area contributed by atoms with E-state index in [1.54, 1.807) is 0 Å². The summed E-state index contributed by atoms with van der Waals surface area (Å²) in [5, 5.41) is 2.11. The molecule has 10 aromatic rings. The summed E-state index contributed by atoms with van der Waals surface area (Å²) in [5.74, 6) is 0.298. The average Bonchev–Trinajstić information content (AvgIpc) is 3.90. The molecule has 0 radical (unpaired) electrons. The Morgan fingerprint density at radius 1 is 0.578 bits per heavy atom. The van der Waals surface area contributed by atoms with E-state index in [1.807, 2.05) is 72.8 Å². The summed E-state index contributed by atoms with van der Waals surface area (Å²) in [5.41, 5.74) is 2.21. The zero-order valence-electron chi connectivity index (χ0n) is 33.0. The summed E-state index contributed by atoms with van der Waals surface area (Å²) in [7, 11) is 0. The molecule has 0 atom stereocenters. The van der Waals surface area contributed by atoms with Gasteiger partial charge in [0.15, 0.2) is 11.6 Å². The van der Waals surface area contributed by atoms with Gasteiger partial charge in [-0.1, -0.05) is 96.9 Å². The first-order valence-corrected chi connectivity index (χ1v) is 14.9. The number of thiophene rings is 1. The molecule has 4 aromatic heterocycles. The van der Waals surface area contributed by atoms with Gasteiger partial charge in [-0.2, -0.15) is 9.97 Å². The molecule has 0 aliphatic rings. The molecule has 0 spiro atoms. The summed E-state index contributed by atoms with van der Waals surface area (Å²) < 4.78 is 97.0. The maximum absolute atomic E-state index is 9.44. The standard InChI is InChI=1S/C39H22N4OS/c1-2-11-23(12-3-1)37-40-38(28-17-10-16-25-24-13-5-8-19-31(24)44-36(25)28)42-39(41-37)43-29-18-7-4-14-26(29)34-30(43)21-22-33-35(34)27-15-6-9-20-32(27)45-33/h1-22H/i4D,6D,7D,9D,14D,15D,18D,20D,21D,22D. The van der Waals surface area contributed by atoms with Crippen LogP contribution in [0.5, 0.6) is 0 Å². The smallest absolute Gasteiger partial charge is 0.238 e. The van der Waals surface area contributed by atoms with Crippen molar-refractivity contribution in [1.29, 1.82) is 0 Å². The number of fused-ring (bicyclic) bond motifs is 10. The van der Waals surface area contributed by atoms with Gasteiger partial charge in [-0.3, -0.25) is 4.57 Å². The minimum absolute atomic E-state index is 0.00535. The van der Waals surface area contributed by atoms with Crippen LogP contribution in [0.25, 0.3) is 92.6 Å². The van der Waals surface area contributed by atoms with E-state index in [1.165, 1.54) is 4.57 Å². The van der Waals surface area contributed by atoms with Gasteiger partial charge >= 0.3 is 0 Å². The van der Waals surface area contributed by atoms with Crippen molar-refractivity contribution in [3.05, 3.63) is 133 Å². The Labute approximate surface area is 274 Å². The van der Waals surface area contributed by atoms with Gasteiger partial charge in [0.25, 0.3) is 0 Å². The Morgan fingerprint density at radius 2 is 1.36 bits per heavy atom. The Morgan fingerprint density at radius 3 is 2.29 bits per heavy atom. The zero-order chi connectivity index (χ0) is 38.2. The molecule has 6 heteroatoms. The Kier molecular flexibility index (Phi) is 3.49. The van der Waals surface area contributed by atoms with Crippen LogP contribution in [0.15, 0.2) is 138 Å². The highest BCUT2D eigenvalue weighted by Gasteiger charge is 2.22. The van der Waals surface area contributed by atoms with Crippen LogP contribution in [0.1, 0.15) is 13.7 Å². The van der Waals surface area contributed by atoms with Gasteiger partial charge in [-0.25, -0.2) is 4.98 Å². The summed E-state index contributed by atoms with van der Waals surface area (Å²) in [6.45, 7) is 0. The van der Waals surface area contributed by atoms with Crippen LogP contribution in [0.4, 0.5) is 0 Å². The topological polar surface area (TPSA) is 56.7 Å². The zero-order valence-corrected chi connectivity index (χ0v) is 23.9. The molecule has 0 aliphatic carbocycles. The number of nitrogens with zero attached hydrogens (tertiary/aromatic N) is 4. The second-order valence-electron chi connectivity index (χ2n) is 10.5. The van der Waals surface area contributed by atoms with Gasteiger partial charge in [0.05, 0.1) is 30.3 Å². The largest absolute Gasteiger partial charge is 0.455 e. The van der Waals surface area contributed by atoms with Crippen molar-refractivity contribution < 1.29 is 18.1 Å². The van der Waals surface area contributed by atoms with E-state index in [2.05, 4.69) is 0 Å². The lowest BCUT2D eigenvalue weighted by molar-refractivity contribution is 0.669. The molecule has 10 rings (SSSR count). The first-order valence-electron chi connectivity index (χ1n) is 19.1. The summed E-state index contributed by atoms with van der Waals surface area (Å²) in [4.78, 5) is 14.7. The van der Waals surface area contributed by atoms with E-state index in [0.29, 0.717) is 22.3 Å². The molecular weight excluding hydrogens is 573 g/mol. The van der Waals surface area contributed by atoms with Gasteiger partial charge in [-0.05, 0) is 36.3 Å². The number of hydrogen-bond donors (Lipinski definition) is 0. The van der Waals surface area contributed by atoms with Crippen LogP contribution in [-0.4, -0.2) is 19.5 Å². The first kappa shape index (κ1) is 16.9. The Bertz CT molecular complexity index is 3340. The van der Waals surface area contributed by atoms with Crippen molar-refractivity contribution in [2.24, 2.45) is 0 Å². The van der Waals surface area contributed by atoms with Crippen LogP contribution >= 0.6 is 11.3 Å². The van der Waals surface area contributed by atoms with E-state index < -0.39 is 36.3 Å². The van der Waals surface area contributed by atoms with E-state index in [0.717, 1.165) is 22.1 Å². The number of benzene rings is 6. The van der Waals surface area contributed by atoms with E-state index >= 15 is 0 Å². The third kappa shape index (κ3) is 3.57. The maximum atomic E-state index is 9.44. The molecule has 0 amide bonds. The quantitative estimate of drug-likeness (QED) is 0.201. The van der Waals surface area contributed by atoms with Crippen LogP contribution in [0.2, 0.25) is 0 Å². The molecule has 0 saturated heterocycles. The van der Waals surface area contributed by atoms with Crippen molar-refractivity contribution in [2.75, 3.05) is 0 Å². The van der Waals surface area contributed by atoms with E-state index in [4.69, 9.17) is 27.6 Å². The highest BCUT2D eigenvalue weighted by Crippen LogP contribution is 2.43. The van der Waals surface area contributed by atoms with Crippen LogP contribution in [0, 0.1) is 0 Å². The highest BCUT2D eigenvalue weighted by molar-refractivity contribution is 7.26. The average molecular weight is 605 g/mol. The van der Waals surface area contributed by atoms with E-state index in [-0.39, 0.29) is 83.7 Å². The number of rotatable bonds is 3. The van der Waals surface area contributed by atoms with Gasteiger partial charge in [0, 0.05) is 47.3 Å². The normalized spacial score (nSPS) is 15.1. The molecule has 0 aliphatic heterocycles. The molecule has 4 heterocycles. The van der Waals surface area contributed by atoms with Crippen LogP contribution in [-0.2, 0) is 0 Å². The molecule has 5 nitrogen and oxygen atoms in total. The Balaban J connectivity index is 1.43. The molecule has 0 unspecified atom stereocenters. The molecule has 0 N–H and O–H groups in total. The fraction of sp³-hybridized carbons (Fsp3) is 0. The van der Waals surface area contributed by atoms with Crippen molar-refractivity contribution in [1.82, 2.24) is 19.5 Å². The lowest BCUT2D eigenvalue weighted by Gasteiger charge is -2.11. The third-order valence-electron chi connectivity index (χ3n) is 7.98. The van der Waals surface area contributed by atoms with Gasteiger partial charge < -0.3 is 4.42 Å². The molecule has 0 bridgehead atoms. The highest BCUT2D eigenvalue weighted by atomic mass is 32.1. The van der Waals surface area contributed by atoms with Gasteiger partial charge in [0.1, 0.15) is 11.2 Å². The van der Waals surface area contributed by atoms with Gasteiger partial charge in [0.2, 0.25) is 5.95 Å².